The highest BCUT2D eigenvalue weighted by molar-refractivity contribution is 7.91. The minimum absolute atomic E-state index is 0. The minimum Gasteiger partial charge on any atom is -0.390 e. The Bertz CT molecular complexity index is 317. The van der Waals surface area contributed by atoms with Gasteiger partial charge in [0.05, 0.1) is 17.6 Å². The lowest BCUT2D eigenvalue weighted by atomic mass is 10.0. The van der Waals surface area contributed by atoms with Gasteiger partial charge in [-0.3, -0.25) is 0 Å². The zero-order valence-electron chi connectivity index (χ0n) is 9.05. The molecule has 0 aliphatic carbocycles. The Morgan fingerprint density at radius 2 is 1.81 bits per heavy atom. The molecule has 2 aliphatic rings. The fraction of sp³-hybridized carbons (Fsp3) is 1.00. The second kappa shape index (κ2) is 5.64. The fourth-order valence-corrected chi connectivity index (χ4v) is 4.03. The number of nitrogens with one attached hydrogen (secondary N) is 2. The van der Waals surface area contributed by atoms with Crippen LogP contribution >= 0.6 is 12.4 Å². The molecule has 0 aromatic rings. The molecule has 2 saturated heterocycles. The van der Waals surface area contributed by atoms with Crippen molar-refractivity contribution in [2.24, 2.45) is 0 Å². The SMILES string of the molecule is Cl.O=S1(=O)CC(O)C(NC2CCNCC2)C1. The molecule has 3 N–H and O–H groups in total. The highest BCUT2D eigenvalue weighted by Gasteiger charge is 2.37. The second-order valence-electron chi connectivity index (χ2n) is 4.44. The van der Waals surface area contributed by atoms with E-state index < -0.39 is 15.9 Å². The first-order valence-corrected chi connectivity index (χ1v) is 7.24. The van der Waals surface area contributed by atoms with E-state index in [0.29, 0.717) is 6.04 Å². The molecule has 0 bridgehead atoms. The number of hydrogen-bond donors (Lipinski definition) is 3. The summed E-state index contributed by atoms with van der Waals surface area (Å²) < 4.78 is 22.6. The van der Waals surface area contributed by atoms with Gasteiger partial charge >= 0.3 is 0 Å². The predicted molar refractivity (Wildman–Crippen MR) is 64.7 cm³/mol. The summed E-state index contributed by atoms with van der Waals surface area (Å²) >= 11 is 0. The maximum Gasteiger partial charge on any atom is 0.154 e. The van der Waals surface area contributed by atoms with Crippen molar-refractivity contribution in [2.45, 2.75) is 31.0 Å². The summed E-state index contributed by atoms with van der Waals surface area (Å²) in [5.41, 5.74) is 0. The van der Waals surface area contributed by atoms with Crippen molar-refractivity contribution < 1.29 is 13.5 Å². The highest BCUT2D eigenvalue weighted by atomic mass is 35.5. The molecule has 0 aromatic carbocycles. The fourth-order valence-electron chi connectivity index (χ4n) is 2.28. The lowest BCUT2D eigenvalue weighted by Gasteiger charge is -2.27. The van der Waals surface area contributed by atoms with Crippen LogP contribution in [0.4, 0.5) is 0 Å². The second-order valence-corrected chi connectivity index (χ2v) is 6.60. The van der Waals surface area contributed by atoms with Crippen LogP contribution in [0.5, 0.6) is 0 Å². The lowest BCUT2D eigenvalue weighted by Crippen LogP contribution is -2.48. The summed E-state index contributed by atoms with van der Waals surface area (Å²) in [5, 5.41) is 16.1. The topological polar surface area (TPSA) is 78.4 Å². The van der Waals surface area contributed by atoms with Gasteiger partial charge in [-0.15, -0.1) is 12.4 Å². The van der Waals surface area contributed by atoms with Crippen molar-refractivity contribution in [3.8, 4) is 0 Å². The first-order chi connectivity index (χ1) is 7.07. The summed E-state index contributed by atoms with van der Waals surface area (Å²) in [5.74, 6) is -0.00622. The maximum absolute atomic E-state index is 11.3. The van der Waals surface area contributed by atoms with Crippen LogP contribution < -0.4 is 10.6 Å². The van der Waals surface area contributed by atoms with Crippen LogP contribution in [0.1, 0.15) is 12.8 Å². The zero-order valence-corrected chi connectivity index (χ0v) is 10.7. The van der Waals surface area contributed by atoms with Gasteiger partial charge in [0.15, 0.2) is 9.84 Å². The van der Waals surface area contributed by atoms with Gasteiger partial charge in [-0.2, -0.15) is 0 Å². The van der Waals surface area contributed by atoms with Crippen molar-refractivity contribution in [3.05, 3.63) is 0 Å². The van der Waals surface area contributed by atoms with Gasteiger partial charge in [0.1, 0.15) is 0 Å². The largest absolute Gasteiger partial charge is 0.390 e. The number of rotatable bonds is 2. The normalized spacial score (nSPS) is 34.6. The van der Waals surface area contributed by atoms with E-state index >= 15 is 0 Å². The molecule has 7 heteroatoms. The third-order valence-electron chi connectivity index (χ3n) is 3.11. The molecule has 0 saturated carbocycles. The molecule has 2 unspecified atom stereocenters. The Hall–Kier alpha value is 0.120. The van der Waals surface area contributed by atoms with Gasteiger partial charge in [0, 0.05) is 12.1 Å². The predicted octanol–water partition coefficient (Wildman–Crippen LogP) is -1.09. The standard InChI is InChI=1S/C9H18N2O3S.ClH/c12-9-6-15(13,14)5-8(9)11-7-1-3-10-4-2-7;/h7-12H,1-6H2;1H. The average Bonchev–Trinajstić information content (AvgIpc) is 2.41. The van der Waals surface area contributed by atoms with E-state index in [1.165, 1.54) is 0 Å². The molecule has 0 spiro atoms. The van der Waals surface area contributed by atoms with Crippen molar-refractivity contribution in [3.63, 3.8) is 0 Å². The third kappa shape index (κ3) is 3.56. The summed E-state index contributed by atoms with van der Waals surface area (Å²) in [6.45, 7) is 1.93. The quantitative estimate of drug-likeness (QED) is 0.594. The molecule has 0 radical (unpaired) electrons. The van der Waals surface area contributed by atoms with E-state index in [9.17, 15) is 13.5 Å². The van der Waals surface area contributed by atoms with Crippen LogP contribution in [0.2, 0.25) is 0 Å². The Morgan fingerprint density at radius 1 is 1.19 bits per heavy atom. The van der Waals surface area contributed by atoms with E-state index in [4.69, 9.17) is 0 Å². The Balaban J connectivity index is 0.00000128. The molecule has 2 fully saturated rings. The third-order valence-corrected chi connectivity index (χ3v) is 4.83. The van der Waals surface area contributed by atoms with Crippen LogP contribution in [0.25, 0.3) is 0 Å². The van der Waals surface area contributed by atoms with Gasteiger partial charge in [-0.1, -0.05) is 0 Å². The van der Waals surface area contributed by atoms with Crippen LogP contribution in [-0.4, -0.2) is 56.3 Å². The molecule has 16 heavy (non-hydrogen) atoms. The van der Waals surface area contributed by atoms with Gasteiger partial charge in [0.25, 0.3) is 0 Å². The number of aliphatic hydroxyl groups excluding tert-OH is 1. The van der Waals surface area contributed by atoms with Gasteiger partial charge in [-0.05, 0) is 25.9 Å². The smallest absolute Gasteiger partial charge is 0.154 e. The molecule has 2 atom stereocenters. The molecule has 5 nitrogen and oxygen atoms in total. The van der Waals surface area contributed by atoms with E-state index in [0.717, 1.165) is 25.9 Å². The van der Waals surface area contributed by atoms with E-state index in [1.807, 2.05) is 0 Å². The number of halogens is 1. The Labute approximate surface area is 102 Å². The average molecular weight is 271 g/mol. The van der Waals surface area contributed by atoms with Gasteiger partial charge in [0.2, 0.25) is 0 Å². The van der Waals surface area contributed by atoms with Gasteiger partial charge in [-0.25, -0.2) is 8.42 Å². The van der Waals surface area contributed by atoms with Crippen molar-refractivity contribution in [1.29, 1.82) is 0 Å². The molecule has 0 amide bonds. The van der Waals surface area contributed by atoms with Crippen molar-refractivity contribution in [2.75, 3.05) is 24.6 Å². The molecular weight excluding hydrogens is 252 g/mol. The van der Waals surface area contributed by atoms with E-state index in [-0.39, 0.29) is 30.0 Å². The minimum atomic E-state index is -3.02. The van der Waals surface area contributed by atoms with Gasteiger partial charge < -0.3 is 15.7 Å². The Kier molecular flexibility index (Phi) is 5.00. The van der Waals surface area contributed by atoms with E-state index in [2.05, 4.69) is 10.6 Å². The van der Waals surface area contributed by atoms with Crippen molar-refractivity contribution >= 4 is 22.2 Å². The molecule has 2 rings (SSSR count). The highest BCUT2D eigenvalue weighted by Crippen LogP contribution is 2.15. The van der Waals surface area contributed by atoms with Crippen LogP contribution in [0.15, 0.2) is 0 Å². The summed E-state index contributed by atoms with van der Waals surface area (Å²) in [4.78, 5) is 0. The number of piperidine rings is 1. The van der Waals surface area contributed by atoms with Crippen LogP contribution in [-0.2, 0) is 9.84 Å². The summed E-state index contributed by atoms with van der Waals surface area (Å²) in [6.07, 6.45) is 1.27. The van der Waals surface area contributed by atoms with Crippen molar-refractivity contribution in [1.82, 2.24) is 10.6 Å². The monoisotopic (exact) mass is 270 g/mol. The molecule has 2 aliphatic heterocycles. The molecule has 96 valence electrons. The zero-order chi connectivity index (χ0) is 10.9. The first-order valence-electron chi connectivity index (χ1n) is 5.42. The number of aliphatic hydroxyl groups is 1. The number of sulfone groups is 1. The summed E-state index contributed by atoms with van der Waals surface area (Å²) in [7, 11) is -3.02. The van der Waals surface area contributed by atoms with E-state index in [1.54, 1.807) is 0 Å². The summed E-state index contributed by atoms with van der Waals surface area (Å²) in [6, 6.07) is 0.0808. The van der Waals surface area contributed by atoms with Crippen LogP contribution in [0, 0.1) is 0 Å². The molecular formula is C9H19ClN2O3S. The first kappa shape index (κ1) is 14.2. The Morgan fingerprint density at radius 3 is 2.31 bits per heavy atom. The molecule has 0 aromatic heterocycles. The lowest BCUT2D eigenvalue weighted by molar-refractivity contribution is 0.154. The number of hydrogen-bond acceptors (Lipinski definition) is 5. The maximum atomic E-state index is 11.3. The molecule has 2 heterocycles. The van der Waals surface area contributed by atoms with Crippen LogP contribution in [0.3, 0.4) is 0 Å².